The molecule has 0 bridgehead atoms. The van der Waals surface area contributed by atoms with Crippen LogP contribution in [-0.2, 0) is 17.8 Å². The van der Waals surface area contributed by atoms with Crippen LogP contribution in [0, 0.1) is 0 Å². The molecule has 0 fully saturated rings. The van der Waals surface area contributed by atoms with Crippen molar-refractivity contribution in [3.63, 3.8) is 0 Å². The van der Waals surface area contributed by atoms with Crippen LogP contribution < -0.4 is 5.32 Å². The number of aromatic nitrogens is 4. The highest BCUT2D eigenvalue weighted by molar-refractivity contribution is 7.18. The lowest BCUT2D eigenvalue weighted by molar-refractivity contribution is -0.121. The van der Waals surface area contributed by atoms with Crippen molar-refractivity contribution in [3.05, 3.63) is 71.6 Å². The van der Waals surface area contributed by atoms with Crippen molar-refractivity contribution >= 4 is 27.5 Å². The van der Waals surface area contributed by atoms with Crippen LogP contribution in [0.2, 0.25) is 0 Å². The van der Waals surface area contributed by atoms with Gasteiger partial charge in [0.25, 0.3) is 0 Å². The summed E-state index contributed by atoms with van der Waals surface area (Å²) in [6.45, 7) is 0.468. The summed E-state index contributed by atoms with van der Waals surface area (Å²) in [6, 6.07) is 13.7. The fraction of sp³-hybridized carbons (Fsp3) is 0.158. The average Bonchev–Trinajstić information content (AvgIpc) is 3.34. The van der Waals surface area contributed by atoms with Crippen LogP contribution in [0.1, 0.15) is 17.0 Å². The number of carbonyl (C=O) groups excluding carboxylic acids is 1. The van der Waals surface area contributed by atoms with Crippen LogP contribution >= 0.6 is 11.3 Å². The summed E-state index contributed by atoms with van der Waals surface area (Å²) < 4.78 is 2.85. The maximum Gasteiger partial charge on any atom is 0.220 e. The maximum atomic E-state index is 12.2. The number of carbonyl (C=O) groups is 1. The second-order valence-corrected chi connectivity index (χ2v) is 6.94. The number of nitrogens with one attached hydrogen (secondary N) is 1. The van der Waals surface area contributed by atoms with Gasteiger partial charge in [-0.25, -0.2) is 14.6 Å². The summed E-state index contributed by atoms with van der Waals surface area (Å²) in [5.74, 6) is 0.748. The monoisotopic (exact) mass is 363 g/mol. The molecule has 1 aromatic carbocycles. The lowest BCUT2D eigenvalue weighted by Gasteiger charge is -2.06. The van der Waals surface area contributed by atoms with Crippen molar-refractivity contribution in [1.82, 2.24) is 25.1 Å². The van der Waals surface area contributed by atoms with E-state index in [1.165, 1.54) is 0 Å². The number of aryl methyl sites for hydroxylation is 1. The number of para-hydroxylation sites is 1. The molecule has 0 unspecified atom stereocenters. The van der Waals surface area contributed by atoms with Gasteiger partial charge in [0.15, 0.2) is 5.82 Å². The van der Waals surface area contributed by atoms with Crippen molar-refractivity contribution < 1.29 is 4.79 Å². The number of hydrogen-bond acceptors (Lipinski definition) is 5. The summed E-state index contributed by atoms with van der Waals surface area (Å²) in [4.78, 5) is 21.0. The molecule has 4 rings (SSSR count). The van der Waals surface area contributed by atoms with Crippen LogP contribution in [0.3, 0.4) is 0 Å². The van der Waals surface area contributed by atoms with Crippen molar-refractivity contribution in [1.29, 1.82) is 0 Å². The Labute approximate surface area is 154 Å². The average molecular weight is 363 g/mol. The van der Waals surface area contributed by atoms with E-state index in [4.69, 9.17) is 0 Å². The first kappa shape index (κ1) is 16.4. The molecule has 3 heterocycles. The highest BCUT2D eigenvalue weighted by Crippen LogP contribution is 2.22. The van der Waals surface area contributed by atoms with Crippen molar-refractivity contribution in [3.8, 4) is 5.82 Å². The van der Waals surface area contributed by atoms with Gasteiger partial charge in [0.05, 0.1) is 15.2 Å². The standard InChI is InChI=1S/C19H17N5OS/c25-18(6-7-19-23-15-4-1-2-5-16(15)26-19)21-13-14-8-10-20-17(12-14)24-11-3-9-22-24/h1-5,8-12H,6-7,13H2,(H,21,25). The van der Waals surface area contributed by atoms with Crippen LogP contribution in [-0.4, -0.2) is 25.7 Å². The quantitative estimate of drug-likeness (QED) is 0.571. The summed E-state index contributed by atoms with van der Waals surface area (Å²) in [7, 11) is 0. The first-order chi connectivity index (χ1) is 12.8. The zero-order chi connectivity index (χ0) is 17.8. The van der Waals surface area contributed by atoms with E-state index >= 15 is 0 Å². The van der Waals surface area contributed by atoms with E-state index in [9.17, 15) is 4.79 Å². The minimum absolute atomic E-state index is 0.0155. The fourth-order valence-electron chi connectivity index (χ4n) is 2.64. The summed E-state index contributed by atoms with van der Waals surface area (Å²) in [6.07, 6.45) is 6.34. The molecule has 3 aromatic heterocycles. The highest BCUT2D eigenvalue weighted by Gasteiger charge is 2.07. The number of nitrogens with zero attached hydrogens (tertiary/aromatic N) is 4. The molecule has 1 N–H and O–H groups in total. The molecule has 0 aliphatic carbocycles. The maximum absolute atomic E-state index is 12.2. The molecule has 0 spiro atoms. The van der Waals surface area contributed by atoms with E-state index in [-0.39, 0.29) is 5.91 Å². The third kappa shape index (κ3) is 3.78. The Morgan fingerprint density at radius 3 is 2.92 bits per heavy atom. The SMILES string of the molecule is O=C(CCc1nc2ccccc2s1)NCc1ccnc(-n2cccn2)c1. The number of rotatable bonds is 6. The lowest BCUT2D eigenvalue weighted by atomic mass is 10.2. The molecule has 0 saturated carbocycles. The second kappa shape index (κ2) is 7.45. The van der Waals surface area contributed by atoms with Gasteiger partial charge in [0.1, 0.15) is 0 Å². The molecule has 0 atom stereocenters. The minimum Gasteiger partial charge on any atom is -0.352 e. The molecule has 6 nitrogen and oxygen atoms in total. The van der Waals surface area contributed by atoms with Gasteiger partial charge in [-0.1, -0.05) is 12.1 Å². The predicted octanol–water partition coefficient (Wildman–Crippen LogP) is 3.13. The van der Waals surface area contributed by atoms with Crippen molar-refractivity contribution in [2.24, 2.45) is 0 Å². The van der Waals surface area contributed by atoms with E-state index in [0.29, 0.717) is 19.4 Å². The molecule has 0 radical (unpaired) electrons. The Balaban J connectivity index is 1.32. The van der Waals surface area contributed by atoms with E-state index in [0.717, 1.165) is 26.6 Å². The molecule has 0 aliphatic rings. The molecule has 130 valence electrons. The Kier molecular flexibility index (Phi) is 4.70. The molecule has 0 aliphatic heterocycles. The number of amides is 1. The summed E-state index contributed by atoms with van der Waals surface area (Å²) >= 11 is 1.65. The van der Waals surface area contributed by atoms with Gasteiger partial charge < -0.3 is 5.32 Å². The number of benzene rings is 1. The molecule has 0 saturated heterocycles. The Bertz CT molecular complexity index is 992. The molecule has 4 aromatic rings. The Morgan fingerprint density at radius 2 is 2.08 bits per heavy atom. The zero-order valence-electron chi connectivity index (χ0n) is 14.0. The fourth-order valence-corrected chi connectivity index (χ4v) is 3.60. The molecular formula is C19H17N5OS. The molecule has 7 heteroatoms. The van der Waals surface area contributed by atoms with E-state index in [1.807, 2.05) is 42.6 Å². The van der Waals surface area contributed by atoms with Crippen LogP contribution in [0.4, 0.5) is 0 Å². The van der Waals surface area contributed by atoms with E-state index in [2.05, 4.69) is 26.4 Å². The van der Waals surface area contributed by atoms with Crippen LogP contribution in [0.5, 0.6) is 0 Å². The number of thiazole rings is 1. The van der Waals surface area contributed by atoms with Crippen LogP contribution in [0.15, 0.2) is 61.1 Å². The number of pyridine rings is 1. The van der Waals surface area contributed by atoms with Gasteiger partial charge in [-0.15, -0.1) is 11.3 Å². The summed E-state index contributed by atoms with van der Waals surface area (Å²) in [5, 5.41) is 8.11. The normalized spacial score (nSPS) is 10.9. The Hall–Kier alpha value is -3.06. The third-order valence-electron chi connectivity index (χ3n) is 3.94. The predicted molar refractivity (Wildman–Crippen MR) is 101 cm³/mol. The van der Waals surface area contributed by atoms with Gasteiger partial charge in [-0.3, -0.25) is 4.79 Å². The zero-order valence-corrected chi connectivity index (χ0v) is 14.8. The first-order valence-electron chi connectivity index (χ1n) is 8.34. The van der Waals surface area contributed by atoms with Gasteiger partial charge in [0.2, 0.25) is 5.91 Å². The number of hydrogen-bond donors (Lipinski definition) is 1. The Morgan fingerprint density at radius 1 is 1.15 bits per heavy atom. The highest BCUT2D eigenvalue weighted by atomic mass is 32.1. The second-order valence-electron chi connectivity index (χ2n) is 5.82. The van der Waals surface area contributed by atoms with Gasteiger partial charge in [-0.05, 0) is 35.9 Å². The number of fused-ring (bicyclic) bond motifs is 1. The van der Waals surface area contributed by atoms with Crippen molar-refractivity contribution in [2.75, 3.05) is 0 Å². The molecular weight excluding hydrogens is 346 g/mol. The van der Waals surface area contributed by atoms with Crippen molar-refractivity contribution in [2.45, 2.75) is 19.4 Å². The van der Waals surface area contributed by atoms with Gasteiger partial charge in [0, 0.05) is 38.0 Å². The third-order valence-corrected chi connectivity index (χ3v) is 5.04. The lowest BCUT2D eigenvalue weighted by Crippen LogP contribution is -2.23. The smallest absolute Gasteiger partial charge is 0.220 e. The van der Waals surface area contributed by atoms with Gasteiger partial charge in [-0.2, -0.15) is 5.10 Å². The van der Waals surface area contributed by atoms with Gasteiger partial charge >= 0.3 is 0 Å². The largest absolute Gasteiger partial charge is 0.352 e. The molecule has 1 amide bonds. The first-order valence-corrected chi connectivity index (χ1v) is 9.16. The minimum atomic E-state index is 0.0155. The molecule has 26 heavy (non-hydrogen) atoms. The topological polar surface area (TPSA) is 72.7 Å². The summed E-state index contributed by atoms with van der Waals surface area (Å²) in [5.41, 5.74) is 1.98. The van der Waals surface area contributed by atoms with E-state index < -0.39 is 0 Å². The van der Waals surface area contributed by atoms with E-state index in [1.54, 1.807) is 28.4 Å². The van der Waals surface area contributed by atoms with Crippen LogP contribution in [0.25, 0.3) is 16.0 Å².